The lowest BCUT2D eigenvalue weighted by molar-refractivity contribution is 0.0502. The van der Waals surface area contributed by atoms with Gasteiger partial charge < -0.3 is 9.15 Å². The minimum absolute atomic E-state index is 0.267. The van der Waals surface area contributed by atoms with Gasteiger partial charge in [-0.2, -0.15) is 0 Å². The molecule has 0 atom stereocenters. The van der Waals surface area contributed by atoms with Gasteiger partial charge in [0.2, 0.25) is 0 Å². The van der Waals surface area contributed by atoms with E-state index in [1.54, 1.807) is 6.07 Å². The SMILES string of the molecule is CCCOC(=O)c1cc(CC)oc1CC. The number of ether oxygens (including phenoxy) is 1. The van der Waals surface area contributed by atoms with Crippen molar-refractivity contribution in [2.45, 2.75) is 40.0 Å². The van der Waals surface area contributed by atoms with Gasteiger partial charge >= 0.3 is 5.97 Å². The van der Waals surface area contributed by atoms with Crippen LogP contribution in [0.4, 0.5) is 0 Å². The Morgan fingerprint density at radius 3 is 2.60 bits per heavy atom. The number of hydrogen-bond donors (Lipinski definition) is 0. The summed E-state index contributed by atoms with van der Waals surface area (Å²) in [5.41, 5.74) is 0.586. The predicted molar refractivity (Wildman–Crippen MR) is 58.0 cm³/mol. The van der Waals surface area contributed by atoms with Gasteiger partial charge in [-0.05, 0) is 12.5 Å². The minimum Gasteiger partial charge on any atom is -0.465 e. The molecule has 1 aromatic rings. The molecule has 15 heavy (non-hydrogen) atoms. The first-order valence-electron chi connectivity index (χ1n) is 5.51. The van der Waals surface area contributed by atoms with Gasteiger partial charge in [-0.25, -0.2) is 4.79 Å². The van der Waals surface area contributed by atoms with Crippen molar-refractivity contribution >= 4 is 5.97 Å². The Bertz CT molecular complexity index is 326. The fourth-order valence-electron chi connectivity index (χ4n) is 1.37. The van der Waals surface area contributed by atoms with Crippen molar-refractivity contribution in [1.82, 2.24) is 0 Å². The zero-order valence-electron chi connectivity index (χ0n) is 9.63. The van der Waals surface area contributed by atoms with E-state index in [9.17, 15) is 4.79 Å². The molecule has 1 aromatic heterocycles. The van der Waals surface area contributed by atoms with Gasteiger partial charge in [0.15, 0.2) is 0 Å². The molecule has 0 saturated carbocycles. The molecule has 3 nitrogen and oxygen atoms in total. The summed E-state index contributed by atoms with van der Waals surface area (Å²) in [5, 5.41) is 0. The van der Waals surface area contributed by atoms with E-state index in [4.69, 9.17) is 9.15 Å². The number of carbonyl (C=O) groups is 1. The van der Waals surface area contributed by atoms with Gasteiger partial charge in [-0.1, -0.05) is 20.8 Å². The molecule has 1 heterocycles. The van der Waals surface area contributed by atoms with Crippen LogP contribution in [0.5, 0.6) is 0 Å². The molecule has 0 N–H and O–H groups in total. The van der Waals surface area contributed by atoms with Gasteiger partial charge in [-0.3, -0.25) is 0 Å². The molecule has 0 radical (unpaired) electrons. The van der Waals surface area contributed by atoms with Crippen LogP contribution >= 0.6 is 0 Å². The number of hydrogen-bond acceptors (Lipinski definition) is 3. The van der Waals surface area contributed by atoms with Crippen LogP contribution in [-0.2, 0) is 17.6 Å². The van der Waals surface area contributed by atoms with E-state index in [0.29, 0.717) is 12.2 Å². The largest absolute Gasteiger partial charge is 0.465 e. The van der Waals surface area contributed by atoms with Crippen molar-refractivity contribution in [3.05, 3.63) is 23.2 Å². The molecule has 0 amide bonds. The molecule has 0 aliphatic heterocycles. The third-order valence-electron chi connectivity index (χ3n) is 2.19. The lowest BCUT2D eigenvalue weighted by Gasteiger charge is -2.01. The summed E-state index contributed by atoms with van der Waals surface area (Å²) in [4.78, 5) is 11.6. The monoisotopic (exact) mass is 210 g/mol. The van der Waals surface area contributed by atoms with Crippen LogP contribution in [0.1, 0.15) is 49.1 Å². The van der Waals surface area contributed by atoms with Crippen molar-refractivity contribution < 1.29 is 13.9 Å². The average Bonchev–Trinajstić information content (AvgIpc) is 2.69. The molecule has 0 saturated heterocycles. The third kappa shape index (κ3) is 2.85. The fraction of sp³-hybridized carbons (Fsp3) is 0.583. The van der Waals surface area contributed by atoms with E-state index in [-0.39, 0.29) is 5.97 Å². The first-order chi connectivity index (χ1) is 7.22. The second-order valence-corrected chi connectivity index (χ2v) is 3.39. The molecule has 0 unspecified atom stereocenters. The molecule has 0 spiro atoms. The van der Waals surface area contributed by atoms with Crippen LogP contribution in [0, 0.1) is 0 Å². The normalized spacial score (nSPS) is 10.3. The quantitative estimate of drug-likeness (QED) is 0.701. The molecule has 0 bridgehead atoms. The highest BCUT2D eigenvalue weighted by Crippen LogP contribution is 2.17. The highest BCUT2D eigenvalue weighted by molar-refractivity contribution is 5.90. The average molecular weight is 210 g/mol. The summed E-state index contributed by atoms with van der Waals surface area (Å²) in [6, 6.07) is 1.79. The molecule has 1 rings (SSSR count). The minimum atomic E-state index is -0.267. The molecular weight excluding hydrogens is 192 g/mol. The molecule has 0 fully saturated rings. The van der Waals surface area contributed by atoms with Gasteiger partial charge in [0.1, 0.15) is 17.1 Å². The van der Waals surface area contributed by atoms with Gasteiger partial charge in [0, 0.05) is 12.8 Å². The van der Waals surface area contributed by atoms with E-state index in [1.165, 1.54) is 0 Å². The van der Waals surface area contributed by atoms with Crippen molar-refractivity contribution in [1.29, 1.82) is 0 Å². The van der Waals surface area contributed by atoms with Crippen LogP contribution in [0.25, 0.3) is 0 Å². The zero-order valence-corrected chi connectivity index (χ0v) is 9.63. The Balaban J connectivity index is 2.81. The lowest BCUT2D eigenvalue weighted by Crippen LogP contribution is -2.06. The molecule has 0 aliphatic rings. The first kappa shape index (κ1) is 11.8. The maximum Gasteiger partial charge on any atom is 0.341 e. The molecule has 0 aliphatic carbocycles. The van der Waals surface area contributed by atoms with E-state index in [1.807, 2.05) is 20.8 Å². The van der Waals surface area contributed by atoms with Crippen molar-refractivity contribution in [3.63, 3.8) is 0 Å². The van der Waals surface area contributed by atoms with Crippen LogP contribution in [0.2, 0.25) is 0 Å². The third-order valence-corrected chi connectivity index (χ3v) is 2.19. The van der Waals surface area contributed by atoms with E-state index in [2.05, 4.69) is 0 Å². The maximum absolute atomic E-state index is 11.6. The molecule has 3 heteroatoms. The van der Waals surface area contributed by atoms with Crippen LogP contribution in [0.15, 0.2) is 10.5 Å². The summed E-state index contributed by atoms with van der Waals surface area (Å²) in [5.74, 6) is 1.31. The summed E-state index contributed by atoms with van der Waals surface area (Å²) in [7, 11) is 0. The Hall–Kier alpha value is -1.25. The number of esters is 1. The summed E-state index contributed by atoms with van der Waals surface area (Å²) in [6.45, 7) is 6.41. The second-order valence-electron chi connectivity index (χ2n) is 3.39. The Labute approximate surface area is 90.4 Å². The number of furan rings is 1. The van der Waals surface area contributed by atoms with Gasteiger partial charge in [-0.15, -0.1) is 0 Å². The topological polar surface area (TPSA) is 39.4 Å². The maximum atomic E-state index is 11.6. The van der Waals surface area contributed by atoms with Crippen LogP contribution in [0.3, 0.4) is 0 Å². The number of rotatable bonds is 5. The fourth-order valence-corrected chi connectivity index (χ4v) is 1.37. The summed E-state index contributed by atoms with van der Waals surface area (Å²) in [6.07, 6.45) is 2.36. The van der Waals surface area contributed by atoms with E-state index < -0.39 is 0 Å². The van der Waals surface area contributed by atoms with Gasteiger partial charge in [0.05, 0.1) is 6.61 Å². The van der Waals surface area contributed by atoms with Crippen LogP contribution < -0.4 is 0 Å². The van der Waals surface area contributed by atoms with Crippen LogP contribution in [-0.4, -0.2) is 12.6 Å². The second kappa shape index (κ2) is 5.59. The number of carbonyl (C=O) groups excluding carboxylic acids is 1. The summed E-state index contributed by atoms with van der Waals surface area (Å²) < 4.78 is 10.6. The highest BCUT2D eigenvalue weighted by Gasteiger charge is 2.16. The Morgan fingerprint density at radius 2 is 2.07 bits per heavy atom. The number of aryl methyl sites for hydroxylation is 2. The van der Waals surface area contributed by atoms with Crippen molar-refractivity contribution in [2.24, 2.45) is 0 Å². The predicted octanol–water partition coefficient (Wildman–Crippen LogP) is 2.97. The lowest BCUT2D eigenvalue weighted by atomic mass is 10.2. The Kier molecular flexibility index (Phi) is 4.40. The van der Waals surface area contributed by atoms with Gasteiger partial charge in [0.25, 0.3) is 0 Å². The molecule has 84 valence electrons. The Morgan fingerprint density at radius 1 is 1.33 bits per heavy atom. The van der Waals surface area contributed by atoms with Crippen molar-refractivity contribution in [2.75, 3.05) is 6.61 Å². The smallest absolute Gasteiger partial charge is 0.341 e. The highest BCUT2D eigenvalue weighted by atomic mass is 16.5. The van der Waals surface area contributed by atoms with Crippen molar-refractivity contribution in [3.8, 4) is 0 Å². The summed E-state index contributed by atoms with van der Waals surface area (Å²) >= 11 is 0. The zero-order chi connectivity index (χ0) is 11.3. The standard InChI is InChI=1S/C12H18O3/c1-4-7-14-12(13)10-8-9(5-2)15-11(10)6-3/h8H,4-7H2,1-3H3. The van der Waals surface area contributed by atoms with E-state index >= 15 is 0 Å². The molecular formula is C12H18O3. The molecule has 0 aromatic carbocycles. The van der Waals surface area contributed by atoms with E-state index in [0.717, 1.165) is 30.8 Å². The first-order valence-corrected chi connectivity index (χ1v) is 5.51.